The number of ether oxygens (including phenoxy) is 2. The molecule has 0 bridgehead atoms. The van der Waals surface area contributed by atoms with Gasteiger partial charge in [-0.25, -0.2) is 4.79 Å². The lowest BCUT2D eigenvalue weighted by Crippen LogP contribution is -2.41. The number of carbonyl (C=O) groups is 2. The number of benzene rings is 4. The number of halogens is 2. The highest BCUT2D eigenvalue weighted by molar-refractivity contribution is 6.35. The summed E-state index contributed by atoms with van der Waals surface area (Å²) in [5.41, 5.74) is 10.6. The molecule has 0 saturated heterocycles. The van der Waals surface area contributed by atoms with Gasteiger partial charge in [0.15, 0.2) is 0 Å². The summed E-state index contributed by atoms with van der Waals surface area (Å²) in [7, 11) is 1.92. The molecule has 1 amide bonds. The number of aromatic nitrogens is 5. The smallest absolute Gasteiger partial charge is 0.352 e. The molecule has 0 saturated carbocycles. The number of carboxylic acids is 1. The SMILES string of the molecule is Cc1cc(OCCCc2c3n(c4c(-c5c(C)nn(C)c5C)c(Cl)ccc24)CCN(c2cc(OCc4ccccc4)cc4cc(C(=O)O)n(Cc5ccccn5)c24)C3=O)cc(C)c1Cl. The van der Waals surface area contributed by atoms with Crippen molar-refractivity contribution in [2.45, 2.75) is 60.2 Å². The summed E-state index contributed by atoms with van der Waals surface area (Å²) in [4.78, 5) is 34.9. The van der Waals surface area contributed by atoms with Crippen molar-refractivity contribution in [1.29, 1.82) is 0 Å². The van der Waals surface area contributed by atoms with Crippen LogP contribution in [0.5, 0.6) is 11.5 Å². The summed E-state index contributed by atoms with van der Waals surface area (Å²) in [5, 5.41) is 18.2. The van der Waals surface area contributed by atoms with Crippen molar-refractivity contribution in [3.8, 4) is 22.6 Å². The van der Waals surface area contributed by atoms with Gasteiger partial charge < -0.3 is 28.6 Å². The summed E-state index contributed by atoms with van der Waals surface area (Å²) in [5.74, 6) is -0.0644. The molecule has 8 aromatic rings. The topological polar surface area (TPSA) is 117 Å². The molecule has 320 valence electrons. The van der Waals surface area contributed by atoms with Crippen LogP contribution in [-0.4, -0.2) is 54.0 Å². The Hall–Kier alpha value is -6.56. The quantitative estimate of drug-likeness (QED) is 0.115. The third-order valence-electron chi connectivity index (χ3n) is 12.0. The molecule has 0 radical (unpaired) electrons. The van der Waals surface area contributed by atoms with Gasteiger partial charge in [-0.15, -0.1) is 0 Å². The number of aromatic carboxylic acids is 1. The van der Waals surface area contributed by atoms with E-state index in [2.05, 4.69) is 9.55 Å². The number of pyridine rings is 1. The van der Waals surface area contributed by atoms with Crippen LogP contribution in [-0.2, 0) is 33.2 Å². The Bertz CT molecular complexity index is 3060. The molecule has 5 heterocycles. The highest BCUT2D eigenvalue weighted by atomic mass is 35.5. The van der Waals surface area contributed by atoms with Gasteiger partial charge in [0, 0.05) is 65.0 Å². The van der Waals surface area contributed by atoms with Crippen LogP contribution in [0.2, 0.25) is 10.0 Å². The fraction of sp³-hybridized carbons (Fsp3) is 0.240. The Labute approximate surface area is 375 Å². The average Bonchev–Trinajstić information content (AvgIpc) is 3.89. The van der Waals surface area contributed by atoms with Crippen molar-refractivity contribution in [1.82, 2.24) is 23.9 Å². The van der Waals surface area contributed by atoms with Crippen LogP contribution in [0.4, 0.5) is 5.69 Å². The first-order valence-corrected chi connectivity index (χ1v) is 21.7. The second-order valence-electron chi connectivity index (χ2n) is 16.1. The summed E-state index contributed by atoms with van der Waals surface area (Å²) < 4.78 is 18.4. The van der Waals surface area contributed by atoms with E-state index in [-0.39, 0.29) is 24.8 Å². The van der Waals surface area contributed by atoms with Crippen LogP contribution in [0.25, 0.3) is 32.9 Å². The molecule has 1 aliphatic heterocycles. The molecule has 0 spiro atoms. The molecule has 0 atom stereocenters. The standard InChI is InChI=1S/C50H46Cl2N6O5/c1-29-22-36(23-30(2)45(29)52)62-21-11-15-38-39-16-17-40(51)44(43-31(3)54-55(5)32(43)4)47(39)57-20-19-56(49(59)48(38)57)41-26-37(63-28-33-12-7-6-8-13-33)24-34-25-42(50(60)61)58(46(34)41)27-35-14-9-10-18-53-35/h6-10,12-14,16-18,22-26H,11,15,19-21,27-28H2,1-5H3,(H,60,61). The minimum atomic E-state index is -1.09. The Balaban J connectivity index is 1.19. The number of amides is 1. The summed E-state index contributed by atoms with van der Waals surface area (Å²) in [6.07, 6.45) is 2.83. The minimum absolute atomic E-state index is 0.0731. The molecule has 0 aliphatic carbocycles. The van der Waals surface area contributed by atoms with Gasteiger partial charge in [0.2, 0.25) is 0 Å². The number of fused-ring (bicyclic) bond motifs is 4. The van der Waals surface area contributed by atoms with Gasteiger partial charge in [-0.2, -0.15) is 5.10 Å². The predicted molar refractivity (Wildman–Crippen MR) is 248 cm³/mol. The Kier molecular flexibility index (Phi) is 11.2. The van der Waals surface area contributed by atoms with Crippen LogP contribution in [0.15, 0.2) is 97.2 Å². The molecule has 1 aliphatic rings. The maximum atomic E-state index is 15.6. The summed E-state index contributed by atoms with van der Waals surface area (Å²) >= 11 is 13.6. The molecule has 4 aromatic heterocycles. The largest absolute Gasteiger partial charge is 0.494 e. The molecule has 13 heteroatoms. The Morgan fingerprint density at radius 2 is 1.59 bits per heavy atom. The predicted octanol–water partition coefficient (Wildman–Crippen LogP) is 10.9. The van der Waals surface area contributed by atoms with E-state index >= 15 is 4.79 Å². The maximum Gasteiger partial charge on any atom is 0.352 e. The van der Waals surface area contributed by atoms with Crippen LogP contribution in [0.3, 0.4) is 0 Å². The zero-order valence-electron chi connectivity index (χ0n) is 35.7. The van der Waals surface area contributed by atoms with Gasteiger partial charge in [-0.1, -0.05) is 65.7 Å². The van der Waals surface area contributed by atoms with E-state index in [1.54, 1.807) is 21.7 Å². The van der Waals surface area contributed by atoms with Gasteiger partial charge in [0.25, 0.3) is 5.91 Å². The number of rotatable bonds is 13. The Morgan fingerprint density at radius 1 is 0.841 bits per heavy atom. The fourth-order valence-corrected chi connectivity index (χ4v) is 9.42. The monoisotopic (exact) mass is 880 g/mol. The van der Waals surface area contributed by atoms with Crippen LogP contribution in [0.1, 0.15) is 66.7 Å². The highest BCUT2D eigenvalue weighted by Crippen LogP contribution is 2.44. The van der Waals surface area contributed by atoms with E-state index in [0.717, 1.165) is 66.4 Å². The van der Waals surface area contributed by atoms with Crippen molar-refractivity contribution < 1.29 is 24.2 Å². The maximum absolute atomic E-state index is 15.6. The van der Waals surface area contributed by atoms with Crippen molar-refractivity contribution in [3.05, 3.63) is 158 Å². The minimum Gasteiger partial charge on any atom is -0.494 e. The molecule has 4 aromatic carbocycles. The molecule has 63 heavy (non-hydrogen) atoms. The highest BCUT2D eigenvalue weighted by Gasteiger charge is 2.35. The van der Waals surface area contributed by atoms with Crippen molar-refractivity contribution in [2.24, 2.45) is 7.05 Å². The van der Waals surface area contributed by atoms with Crippen molar-refractivity contribution in [3.63, 3.8) is 0 Å². The van der Waals surface area contributed by atoms with Crippen LogP contribution in [0, 0.1) is 27.7 Å². The molecule has 0 unspecified atom stereocenters. The third-order valence-corrected chi connectivity index (χ3v) is 12.9. The lowest BCUT2D eigenvalue weighted by atomic mass is 9.98. The number of aryl methyl sites for hydroxylation is 5. The first-order chi connectivity index (χ1) is 30.4. The number of anilines is 1. The van der Waals surface area contributed by atoms with Crippen LogP contribution >= 0.6 is 23.2 Å². The Morgan fingerprint density at radius 3 is 2.29 bits per heavy atom. The first-order valence-electron chi connectivity index (χ1n) is 20.9. The fourth-order valence-electron chi connectivity index (χ4n) is 9.06. The number of carbonyl (C=O) groups excluding carboxylic acids is 1. The average molecular weight is 882 g/mol. The zero-order chi connectivity index (χ0) is 44.1. The zero-order valence-corrected chi connectivity index (χ0v) is 37.2. The number of hydrogen-bond donors (Lipinski definition) is 1. The van der Waals surface area contributed by atoms with Gasteiger partial charge in [0.05, 0.1) is 46.3 Å². The second-order valence-corrected chi connectivity index (χ2v) is 16.9. The number of carboxylic acid groups (broad SMARTS) is 1. The van der Waals surface area contributed by atoms with Crippen molar-refractivity contribution in [2.75, 3.05) is 18.1 Å². The number of hydrogen-bond acceptors (Lipinski definition) is 6. The lowest BCUT2D eigenvalue weighted by Gasteiger charge is -2.31. The van der Waals surface area contributed by atoms with E-state index in [1.807, 2.05) is 124 Å². The molecular weight excluding hydrogens is 835 g/mol. The van der Waals surface area contributed by atoms with Gasteiger partial charge in [-0.05, 0) is 105 Å². The molecule has 9 rings (SSSR count). The molecule has 11 nitrogen and oxygen atoms in total. The van der Waals surface area contributed by atoms with E-state index in [1.165, 1.54) is 0 Å². The second kappa shape index (κ2) is 17.0. The first kappa shape index (κ1) is 41.8. The third kappa shape index (κ3) is 7.70. The van der Waals surface area contributed by atoms with Gasteiger partial charge >= 0.3 is 5.97 Å². The van der Waals surface area contributed by atoms with Gasteiger partial charge in [-0.3, -0.25) is 14.5 Å². The summed E-state index contributed by atoms with van der Waals surface area (Å²) in [6, 6.07) is 28.5. The van der Waals surface area contributed by atoms with E-state index in [4.69, 9.17) is 37.8 Å². The molecule has 1 N–H and O–H groups in total. The number of nitrogens with zero attached hydrogens (tertiary/aromatic N) is 6. The van der Waals surface area contributed by atoms with E-state index in [0.29, 0.717) is 71.3 Å². The lowest BCUT2D eigenvalue weighted by molar-refractivity contribution is 0.0686. The molecule has 0 fully saturated rings. The van der Waals surface area contributed by atoms with E-state index in [9.17, 15) is 9.90 Å². The van der Waals surface area contributed by atoms with Gasteiger partial charge in [0.1, 0.15) is 29.5 Å². The van der Waals surface area contributed by atoms with Crippen molar-refractivity contribution >= 4 is 62.6 Å². The summed E-state index contributed by atoms with van der Waals surface area (Å²) in [6.45, 7) is 9.53. The van der Waals surface area contributed by atoms with Crippen LogP contribution < -0.4 is 14.4 Å². The normalized spacial score (nSPS) is 12.7. The molecular formula is C50H46Cl2N6O5. The van der Waals surface area contributed by atoms with E-state index < -0.39 is 5.97 Å².